The average Bonchev–Trinajstić information content (AvgIpc) is 2.66. The number of phosphoric ester groups is 1. The van der Waals surface area contributed by atoms with Crippen LogP contribution in [0.2, 0.25) is 0 Å². The first-order chi connectivity index (χ1) is 14.0. The van der Waals surface area contributed by atoms with E-state index < -0.39 is 54.6 Å². The number of carbonyl (C=O) groups excluding carboxylic acids is 1. The number of phosphoric acid groups is 1. The maximum Gasteiger partial charge on any atom is 0.469 e. The molecule has 158 valence electrons. The Morgan fingerprint density at radius 2 is 1.87 bits per heavy atom. The van der Waals surface area contributed by atoms with E-state index in [-0.39, 0.29) is 23.2 Å². The third kappa shape index (κ3) is 5.10. The fraction of sp³-hybridized carbons (Fsp3) is 0.125. The summed E-state index contributed by atoms with van der Waals surface area (Å²) in [6.07, 6.45) is 0.190. The van der Waals surface area contributed by atoms with E-state index in [1.165, 1.54) is 19.1 Å². The van der Waals surface area contributed by atoms with Gasteiger partial charge in [0.25, 0.3) is 0 Å². The molecular formula is C16H14N3O10P. The van der Waals surface area contributed by atoms with E-state index in [0.29, 0.717) is 0 Å². The normalized spacial score (nSPS) is 11.6. The molecule has 0 aliphatic rings. The summed E-state index contributed by atoms with van der Waals surface area (Å²) in [5.74, 6) is -4.08. The Hall–Kier alpha value is -3.51. The van der Waals surface area contributed by atoms with E-state index in [9.17, 15) is 29.2 Å². The van der Waals surface area contributed by atoms with Gasteiger partial charge < -0.3 is 25.1 Å². The van der Waals surface area contributed by atoms with Crippen molar-refractivity contribution in [2.75, 3.05) is 0 Å². The van der Waals surface area contributed by atoms with Crippen molar-refractivity contribution in [1.29, 1.82) is 0 Å². The SMILES string of the molecule is Cc1nc(N=Nc2cccc(C(=O)O)c2C(=O)O)c(COP(=O)(O)O)c(C=O)c1O. The number of aromatic nitrogens is 1. The van der Waals surface area contributed by atoms with Crippen molar-refractivity contribution in [3.63, 3.8) is 0 Å². The Morgan fingerprint density at radius 3 is 2.40 bits per heavy atom. The largest absolute Gasteiger partial charge is 0.505 e. The van der Waals surface area contributed by atoms with Crippen LogP contribution in [0.4, 0.5) is 11.5 Å². The van der Waals surface area contributed by atoms with E-state index in [1.54, 1.807) is 0 Å². The maximum absolute atomic E-state index is 11.5. The van der Waals surface area contributed by atoms with Crippen LogP contribution in [0.3, 0.4) is 0 Å². The molecule has 14 heteroatoms. The number of carboxylic acid groups (broad SMARTS) is 2. The number of nitrogens with zero attached hydrogens (tertiary/aromatic N) is 3. The fourth-order valence-electron chi connectivity index (χ4n) is 2.37. The van der Waals surface area contributed by atoms with Gasteiger partial charge in [0.15, 0.2) is 12.1 Å². The number of hydrogen-bond donors (Lipinski definition) is 5. The summed E-state index contributed by atoms with van der Waals surface area (Å²) in [6, 6.07) is 3.45. The molecule has 0 unspecified atom stereocenters. The van der Waals surface area contributed by atoms with Crippen LogP contribution in [-0.2, 0) is 15.7 Å². The summed E-state index contributed by atoms with van der Waals surface area (Å²) < 4.78 is 15.3. The van der Waals surface area contributed by atoms with Gasteiger partial charge in [-0.2, -0.15) is 0 Å². The van der Waals surface area contributed by atoms with Crippen molar-refractivity contribution < 1.29 is 48.6 Å². The lowest BCUT2D eigenvalue weighted by molar-refractivity contribution is 0.0652. The number of carboxylic acids is 2. The van der Waals surface area contributed by atoms with Crippen LogP contribution in [0.5, 0.6) is 5.75 Å². The lowest BCUT2D eigenvalue weighted by Crippen LogP contribution is -2.08. The van der Waals surface area contributed by atoms with Gasteiger partial charge in [-0.3, -0.25) is 9.32 Å². The summed E-state index contributed by atoms with van der Waals surface area (Å²) in [6.45, 7) is 0.428. The van der Waals surface area contributed by atoms with Gasteiger partial charge in [-0.15, -0.1) is 10.2 Å². The summed E-state index contributed by atoms with van der Waals surface area (Å²) >= 11 is 0. The average molecular weight is 439 g/mol. The van der Waals surface area contributed by atoms with Crippen LogP contribution in [0.15, 0.2) is 28.4 Å². The smallest absolute Gasteiger partial charge is 0.469 e. The summed E-state index contributed by atoms with van der Waals surface area (Å²) in [7, 11) is -4.96. The van der Waals surface area contributed by atoms with E-state index in [2.05, 4.69) is 19.7 Å². The molecule has 13 nitrogen and oxygen atoms in total. The molecule has 0 aliphatic carbocycles. The van der Waals surface area contributed by atoms with Crippen LogP contribution < -0.4 is 0 Å². The number of aryl methyl sites for hydroxylation is 1. The monoisotopic (exact) mass is 439 g/mol. The quantitative estimate of drug-likeness (QED) is 0.228. The molecule has 2 aromatic rings. The van der Waals surface area contributed by atoms with E-state index in [4.69, 9.17) is 14.9 Å². The molecule has 0 fully saturated rings. The Kier molecular flexibility index (Phi) is 6.74. The first-order valence-corrected chi connectivity index (χ1v) is 9.38. The molecule has 1 aromatic carbocycles. The van der Waals surface area contributed by atoms with Gasteiger partial charge in [0.2, 0.25) is 0 Å². The molecule has 30 heavy (non-hydrogen) atoms. The van der Waals surface area contributed by atoms with Gasteiger partial charge in [-0.25, -0.2) is 19.1 Å². The van der Waals surface area contributed by atoms with Crippen molar-refractivity contribution in [1.82, 2.24) is 4.98 Å². The highest BCUT2D eigenvalue weighted by Gasteiger charge is 2.23. The predicted octanol–water partition coefficient (Wildman–Crippen LogP) is 2.33. The van der Waals surface area contributed by atoms with Gasteiger partial charge >= 0.3 is 19.8 Å². The molecular weight excluding hydrogens is 425 g/mol. The molecule has 1 aromatic heterocycles. The van der Waals surface area contributed by atoms with E-state index in [0.717, 1.165) is 6.07 Å². The number of benzene rings is 1. The molecule has 0 aliphatic heterocycles. The third-order valence-corrected chi connectivity index (χ3v) is 4.17. The molecule has 0 spiro atoms. The zero-order valence-electron chi connectivity index (χ0n) is 15.1. The van der Waals surface area contributed by atoms with Crippen LogP contribution in [0, 0.1) is 6.92 Å². The Balaban J connectivity index is 2.64. The maximum atomic E-state index is 11.5. The van der Waals surface area contributed by atoms with Gasteiger partial charge in [0.1, 0.15) is 17.0 Å². The standard InChI is InChI=1S/C16H14N3O10P/c1-7-13(21)9(5-20)10(6-29-30(26,27)28)14(17-7)19-18-11-4-2-3-8(15(22)23)12(11)16(24)25/h2-5,21H,6H2,1H3,(H,22,23)(H,24,25)(H2,26,27,28). The third-order valence-electron chi connectivity index (χ3n) is 3.70. The first-order valence-electron chi connectivity index (χ1n) is 7.85. The molecule has 5 N–H and O–H groups in total. The first kappa shape index (κ1) is 22.8. The van der Waals surface area contributed by atoms with Crippen LogP contribution in [-0.4, -0.2) is 48.3 Å². The highest BCUT2D eigenvalue weighted by Crippen LogP contribution is 2.40. The number of aromatic hydroxyl groups is 1. The Labute approximate surface area is 167 Å². The number of carbonyl (C=O) groups is 3. The number of hydrogen-bond acceptors (Lipinski definition) is 9. The zero-order chi connectivity index (χ0) is 22.6. The van der Waals surface area contributed by atoms with Gasteiger partial charge in [-0.05, 0) is 19.1 Å². The highest BCUT2D eigenvalue weighted by molar-refractivity contribution is 7.46. The summed E-state index contributed by atoms with van der Waals surface area (Å²) in [4.78, 5) is 55.7. The molecule has 0 radical (unpaired) electrons. The fourth-order valence-corrected chi connectivity index (χ4v) is 2.66. The van der Waals surface area contributed by atoms with Gasteiger partial charge in [0.05, 0.1) is 23.4 Å². The topological polar surface area (TPSA) is 216 Å². The lowest BCUT2D eigenvalue weighted by atomic mass is 10.1. The second kappa shape index (κ2) is 8.88. The minimum Gasteiger partial charge on any atom is -0.505 e. The molecule has 0 atom stereocenters. The lowest BCUT2D eigenvalue weighted by Gasteiger charge is -2.12. The molecule has 2 rings (SSSR count). The highest BCUT2D eigenvalue weighted by atomic mass is 31.2. The van der Waals surface area contributed by atoms with Gasteiger partial charge in [-0.1, -0.05) is 6.07 Å². The summed E-state index contributed by atoms with van der Waals surface area (Å²) in [5.41, 5.74) is -2.39. The summed E-state index contributed by atoms with van der Waals surface area (Å²) in [5, 5.41) is 35.8. The van der Waals surface area contributed by atoms with Crippen molar-refractivity contribution in [3.05, 3.63) is 46.1 Å². The molecule has 0 amide bonds. The Bertz CT molecular complexity index is 1110. The number of aromatic carboxylic acids is 2. The van der Waals surface area contributed by atoms with Crippen molar-refractivity contribution >= 4 is 37.6 Å². The molecule has 0 bridgehead atoms. The predicted molar refractivity (Wildman–Crippen MR) is 97.4 cm³/mol. The van der Waals surface area contributed by atoms with Crippen molar-refractivity contribution in [2.24, 2.45) is 10.2 Å². The minimum atomic E-state index is -4.96. The molecule has 1 heterocycles. The minimum absolute atomic E-state index is 0.0799. The number of aldehydes is 1. The van der Waals surface area contributed by atoms with Gasteiger partial charge in [0, 0.05) is 5.56 Å². The zero-order valence-corrected chi connectivity index (χ0v) is 16.0. The molecule has 0 saturated carbocycles. The van der Waals surface area contributed by atoms with E-state index >= 15 is 0 Å². The van der Waals surface area contributed by atoms with E-state index in [1.807, 2.05) is 0 Å². The van der Waals surface area contributed by atoms with Crippen LogP contribution in [0.25, 0.3) is 0 Å². The second-order valence-electron chi connectivity index (χ2n) is 5.65. The Morgan fingerprint density at radius 1 is 1.20 bits per heavy atom. The van der Waals surface area contributed by atoms with Crippen molar-refractivity contribution in [3.8, 4) is 5.75 Å². The molecule has 0 saturated heterocycles. The second-order valence-corrected chi connectivity index (χ2v) is 6.89. The number of azo groups is 1. The van der Waals surface area contributed by atoms with Crippen LogP contribution in [0.1, 0.15) is 42.3 Å². The van der Waals surface area contributed by atoms with Crippen molar-refractivity contribution in [2.45, 2.75) is 13.5 Å². The van der Waals surface area contributed by atoms with Crippen LogP contribution >= 0.6 is 7.82 Å². The number of rotatable bonds is 8. The number of pyridine rings is 1.